The maximum Gasteiger partial charge on any atom is 0.287 e. The molecule has 3 heterocycles. The number of thiazole rings is 1. The Labute approximate surface area is 190 Å². The number of aryl methyl sites for hydroxylation is 3. The summed E-state index contributed by atoms with van der Waals surface area (Å²) in [7, 11) is 0. The van der Waals surface area contributed by atoms with Crippen molar-refractivity contribution in [2.45, 2.75) is 46.1 Å². The first-order valence-corrected chi connectivity index (χ1v) is 11.5. The van der Waals surface area contributed by atoms with Crippen LogP contribution in [0.25, 0.3) is 10.4 Å². The third kappa shape index (κ3) is 4.60. The molecule has 0 aliphatic carbocycles. The van der Waals surface area contributed by atoms with Crippen molar-refractivity contribution < 1.29 is 18.4 Å². The number of carbonyl (C=O) groups is 2. The Balaban J connectivity index is 1.52. The number of amides is 2. The van der Waals surface area contributed by atoms with Crippen LogP contribution in [0.2, 0.25) is 0 Å². The van der Waals surface area contributed by atoms with Gasteiger partial charge in [-0.2, -0.15) is 0 Å². The minimum absolute atomic E-state index is 0.125. The van der Waals surface area contributed by atoms with Gasteiger partial charge in [0.15, 0.2) is 5.76 Å². The average Bonchev–Trinajstić information content (AvgIpc) is 3.34. The van der Waals surface area contributed by atoms with Crippen molar-refractivity contribution in [1.82, 2.24) is 15.2 Å². The normalized spacial score (nSPS) is 16.2. The molecular formula is C24H26FN3O3S. The summed E-state index contributed by atoms with van der Waals surface area (Å²) < 4.78 is 18.9. The van der Waals surface area contributed by atoms with Crippen LogP contribution in [0, 0.1) is 26.6 Å². The number of furan rings is 1. The molecule has 2 amide bonds. The molecule has 1 saturated heterocycles. The highest BCUT2D eigenvalue weighted by Crippen LogP contribution is 2.32. The van der Waals surface area contributed by atoms with E-state index < -0.39 is 0 Å². The molecular weight excluding hydrogens is 429 g/mol. The molecule has 1 atom stereocenters. The Hall–Kier alpha value is -3.00. The summed E-state index contributed by atoms with van der Waals surface area (Å²) in [5.41, 5.74) is 2.08. The van der Waals surface area contributed by atoms with Gasteiger partial charge in [-0.15, -0.1) is 11.3 Å². The summed E-state index contributed by atoms with van der Waals surface area (Å²) >= 11 is 1.42. The highest BCUT2D eigenvalue weighted by atomic mass is 32.1. The smallest absolute Gasteiger partial charge is 0.287 e. The molecule has 32 heavy (non-hydrogen) atoms. The van der Waals surface area contributed by atoms with E-state index in [-0.39, 0.29) is 29.4 Å². The number of hydrogen-bond acceptors (Lipinski definition) is 5. The maximum absolute atomic E-state index is 13.5. The van der Waals surface area contributed by atoms with Gasteiger partial charge in [0.05, 0.1) is 9.88 Å². The van der Waals surface area contributed by atoms with Crippen molar-refractivity contribution in [1.29, 1.82) is 0 Å². The Kier molecular flexibility index (Phi) is 6.41. The van der Waals surface area contributed by atoms with Crippen LogP contribution in [-0.4, -0.2) is 40.8 Å². The van der Waals surface area contributed by atoms with E-state index in [0.29, 0.717) is 18.8 Å². The zero-order valence-corrected chi connectivity index (χ0v) is 19.2. The second-order valence-electron chi connectivity index (χ2n) is 8.13. The fourth-order valence-corrected chi connectivity index (χ4v) is 4.88. The molecule has 4 rings (SSSR count). The van der Waals surface area contributed by atoms with E-state index in [4.69, 9.17) is 4.42 Å². The molecule has 0 spiro atoms. The topological polar surface area (TPSA) is 75.4 Å². The minimum Gasteiger partial charge on any atom is -0.456 e. The number of piperidine rings is 1. The van der Waals surface area contributed by atoms with Crippen LogP contribution in [0.1, 0.15) is 56.6 Å². The maximum atomic E-state index is 13.5. The van der Waals surface area contributed by atoms with Gasteiger partial charge >= 0.3 is 0 Å². The van der Waals surface area contributed by atoms with Crippen molar-refractivity contribution in [3.05, 3.63) is 63.9 Å². The average molecular weight is 456 g/mol. The SMILES string of the molecule is Cc1nc(C(=O)N2CCCCC2CNC(=O)c2cc(C)c(C)o2)c(-c2ccc(F)cc2)s1. The zero-order chi connectivity index (χ0) is 22.8. The van der Waals surface area contributed by atoms with Crippen LogP contribution < -0.4 is 5.32 Å². The number of nitrogens with zero attached hydrogens (tertiary/aromatic N) is 2. The van der Waals surface area contributed by atoms with Gasteiger partial charge in [-0.1, -0.05) is 12.1 Å². The van der Waals surface area contributed by atoms with Gasteiger partial charge in [0.2, 0.25) is 0 Å². The first-order valence-electron chi connectivity index (χ1n) is 10.7. The van der Waals surface area contributed by atoms with E-state index in [1.54, 1.807) is 18.2 Å². The summed E-state index contributed by atoms with van der Waals surface area (Å²) in [6.45, 7) is 6.53. The van der Waals surface area contributed by atoms with Crippen LogP contribution in [0.4, 0.5) is 4.39 Å². The summed E-state index contributed by atoms with van der Waals surface area (Å²) in [5, 5.41) is 3.69. The van der Waals surface area contributed by atoms with Crippen LogP contribution in [0.15, 0.2) is 34.7 Å². The van der Waals surface area contributed by atoms with Gasteiger partial charge in [0.1, 0.15) is 17.3 Å². The number of hydrogen-bond donors (Lipinski definition) is 1. The lowest BCUT2D eigenvalue weighted by atomic mass is 10.0. The quantitative estimate of drug-likeness (QED) is 0.594. The van der Waals surface area contributed by atoms with Crippen LogP contribution in [0.3, 0.4) is 0 Å². The van der Waals surface area contributed by atoms with Gasteiger partial charge in [-0.3, -0.25) is 9.59 Å². The minimum atomic E-state index is -0.323. The first-order chi connectivity index (χ1) is 15.3. The summed E-state index contributed by atoms with van der Waals surface area (Å²) in [5.74, 6) is 0.240. The van der Waals surface area contributed by atoms with Gasteiger partial charge in [-0.25, -0.2) is 9.37 Å². The Morgan fingerprint density at radius 2 is 1.97 bits per heavy atom. The van der Waals surface area contributed by atoms with Crippen LogP contribution >= 0.6 is 11.3 Å². The molecule has 6 nitrogen and oxygen atoms in total. The highest BCUT2D eigenvalue weighted by molar-refractivity contribution is 7.15. The van der Waals surface area contributed by atoms with Gasteiger partial charge in [0, 0.05) is 19.1 Å². The highest BCUT2D eigenvalue weighted by Gasteiger charge is 2.31. The molecule has 3 aromatic rings. The molecule has 1 aliphatic heterocycles. The first kappa shape index (κ1) is 22.2. The largest absolute Gasteiger partial charge is 0.456 e. The lowest BCUT2D eigenvalue weighted by molar-refractivity contribution is 0.0596. The predicted octanol–water partition coefficient (Wildman–Crippen LogP) is 4.89. The number of carbonyl (C=O) groups excluding carboxylic acids is 2. The van der Waals surface area contributed by atoms with Gasteiger partial charge < -0.3 is 14.6 Å². The predicted molar refractivity (Wildman–Crippen MR) is 121 cm³/mol. The van der Waals surface area contributed by atoms with E-state index in [9.17, 15) is 14.0 Å². The van der Waals surface area contributed by atoms with E-state index in [2.05, 4.69) is 10.3 Å². The second-order valence-corrected chi connectivity index (χ2v) is 9.33. The molecule has 0 saturated carbocycles. The Morgan fingerprint density at radius 3 is 2.66 bits per heavy atom. The molecule has 0 radical (unpaired) electrons. The van der Waals surface area contributed by atoms with Crippen molar-refractivity contribution in [2.75, 3.05) is 13.1 Å². The number of likely N-dealkylation sites (tertiary alicyclic amines) is 1. The zero-order valence-electron chi connectivity index (χ0n) is 18.4. The van der Waals surface area contributed by atoms with Crippen molar-refractivity contribution in [2.24, 2.45) is 0 Å². The molecule has 8 heteroatoms. The van der Waals surface area contributed by atoms with Crippen LogP contribution in [-0.2, 0) is 0 Å². The molecule has 1 aromatic carbocycles. The molecule has 0 bridgehead atoms. The van der Waals surface area contributed by atoms with Crippen molar-refractivity contribution in [3.63, 3.8) is 0 Å². The number of aromatic nitrogens is 1. The number of nitrogens with one attached hydrogen (secondary N) is 1. The van der Waals surface area contributed by atoms with Gasteiger partial charge in [-0.05, 0) is 69.4 Å². The molecule has 1 unspecified atom stereocenters. The molecule has 1 aliphatic rings. The molecule has 2 aromatic heterocycles. The van der Waals surface area contributed by atoms with E-state index >= 15 is 0 Å². The third-order valence-electron chi connectivity index (χ3n) is 5.82. The van der Waals surface area contributed by atoms with Crippen molar-refractivity contribution in [3.8, 4) is 10.4 Å². The summed E-state index contributed by atoms with van der Waals surface area (Å²) in [6.07, 6.45) is 2.70. The molecule has 1 N–H and O–H groups in total. The Bertz CT molecular complexity index is 1120. The molecule has 1 fully saturated rings. The van der Waals surface area contributed by atoms with Gasteiger partial charge in [0.25, 0.3) is 11.8 Å². The van der Waals surface area contributed by atoms with Crippen LogP contribution in [0.5, 0.6) is 0 Å². The number of rotatable bonds is 5. The van der Waals surface area contributed by atoms with Crippen molar-refractivity contribution >= 4 is 23.2 Å². The van der Waals surface area contributed by atoms with E-state index in [1.807, 2.05) is 25.7 Å². The number of halogens is 1. The Morgan fingerprint density at radius 1 is 1.22 bits per heavy atom. The fourth-order valence-electron chi connectivity index (χ4n) is 3.97. The second kappa shape index (κ2) is 9.24. The molecule has 168 valence electrons. The standard InChI is InChI=1S/C24H26FN3O3S/c1-14-12-20(31-15(14)2)23(29)26-13-19-6-4-5-11-28(19)24(30)21-22(32-16(3)27-21)17-7-9-18(25)10-8-17/h7-10,12,19H,4-6,11,13H2,1-3H3,(H,26,29). The summed E-state index contributed by atoms with van der Waals surface area (Å²) in [6, 6.07) is 7.70. The number of benzene rings is 1. The lowest BCUT2D eigenvalue weighted by Gasteiger charge is -2.35. The fraction of sp³-hybridized carbons (Fsp3) is 0.375. The third-order valence-corrected chi connectivity index (χ3v) is 6.84. The van der Waals surface area contributed by atoms with E-state index in [1.165, 1.54) is 23.5 Å². The summed E-state index contributed by atoms with van der Waals surface area (Å²) in [4.78, 5) is 33.1. The monoisotopic (exact) mass is 455 g/mol. The lowest BCUT2D eigenvalue weighted by Crippen LogP contribution is -2.49. The van der Waals surface area contributed by atoms with E-state index in [0.717, 1.165) is 46.0 Å².